The first-order chi connectivity index (χ1) is 31.1. The summed E-state index contributed by atoms with van der Waals surface area (Å²) in [5, 5.41) is 16.2. The quantitative estimate of drug-likeness (QED) is 0.0403. The summed E-state index contributed by atoms with van der Waals surface area (Å²) in [5.74, 6) is -5.98. The van der Waals surface area contributed by atoms with Gasteiger partial charge in [-0.25, -0.2) is 4.98 Å². The van der Waals surface area contributed by atoms with Crippen molar-refractivity contribution in [2.45, 2.75) is 115 Å². The number of nitrogens with one attached hydrogen (secondary N) is 7. The number of carbonyl (C=O) groups is 9. The Bertz CT molecular complexity index is 2180. The number of para-hydroxylation sites is 1. The van der Waals surface area contributed by atoms with Crippen LogP contribution in [0.2, 0.25) is 0 Å². The van der Waals surface area contributed by atoms with Crippen molar-refractivity contribution in [1.82, 2.24) is 46.4 Å². The average Bonchev–Trinajstić information content (AvgIpc) is 3.91. The summed E-state index contributed by atoms with van der Waals surface area (Å²) in [6.45, 7) is 7.84. The molecular formula is C43H65N13O9S. The predicted molar refractivity (Wildman–Crippen MR) is 248 cm³/mol. The number of nitrogens with two attached hydrogens (primary N) is 4. The van der Waals surface area contributed by atoms with Gasteiger partial charge in [0.2, 0.25) is 53.2 Å². The number of imidazole rings is 1. The van der Waals surface area contributed by atoms with E-state index in [1.807, 2.05) is 20.1 Å². The molecule has 15 N–H and O–H groups in total. The lowest BCUT2D eigenvalue weighted by Crippen LogP contribution is -2.58. The molecule has 362 valence electrons. The Balaban J connectivity index is 1.63. The van der Waals surface area contributed by atoms with Gasteiger partial charge in [0.15, 0.2) is 0 Å². The van der Waals surface area contributed by atoms with Gasteiger partial charge in [0, 0.05) is 36.3 Å². The van der Waals surface area contributed by atoms with Gasteiger partial charge in [-0.05, 0) is 68.1 Å². The molecule has 0 aliphatic carbocycles. The van der Waals surface area contributed by atoms with Gasteiger partial charge in [-0.1, -0.05) is 45.9 Å². The third-order valence-electron chi connectivity index (χ3n) is 10.5. The van der Waals surface area contributed by atoms with E-state index in [-0.39, 0.29) is 38.0 Å². The first-order valence-corrected chi connectivity index (χ1v) is 23.0. The number of primary amides is 2. The van der Waals surface area contributed by atoms with E-state index in [2.05, 4.69) is 41.9 Å². The van der Waals surface area contributed by atoms with E-state index in [4.69, 9.17) is 22.9 Å². The Hall–Kier alpha value is -6.33. The van der Waals surface area contributed by atoms with Gasteiger partial charge in [0.05, 0.1) is 30.5 Å². The molecule has 0 aliphatic heterocycles. The zero-order valence-electron chi connectivity index (χ0n) is 38.2. The molecule has 3 rings (SSSR count). The first kappa shape index (κ1) is 54.0. The van der Waals surface area contributed by atoms with E-state index >= 15 is 0 Å². The van der Waals surface area contributed by atoms with Crippen molar-refractivity contribution >= 4 is 75.8 Å². The fourth-order valence-electron chi connectivity index (χ4n) is 6.84. The second-order valence-corrected chi connectivity index (χ2v) is 17.8. The fraction of sp³-hybridized carbons (Fsp3) is 0.535. The van der Waals surface area contributed by atoms with Crippen molar-refractivity contribution in [2.24, 2.45) is 34.8 Å². The lowest BCUT2D eigenvalue weighted by Gasteiger charge is -2.26. The summed E-state index contributed by atoms with van der Waals surface area (Å²) >= 11 is 1.48. The van der Waals surface area contributed by atoms with Crippen LogP contribution in [0.25, 0.3) is 10.9 Å². The minimum atomic E-state index is -1.24. The summed E-state index contributed by atoms with van der Waals surface area (Å²) in [4.78, 5) is 124. The molecule has 0 bridgehead atoms. The molecule has 0 aliphatic rings. The maximum absolute atomic E-state index is 13.7. The molecule has 66 heavy (non-hydrogen) atoms. The Labute approximate surface area is 387 Å². The second-order valence-electron chi connectivity index (χ2n) is 16.8. The van der Waals surface area contributed by atoms with Crippen LogP contribution in [0.15, 0.2) is 43.0 Å². The van der Waals surface area contributed by atoms with Crippen molar-refractivity contribution < 1.29 is 43.2 Å². The van der Waals surface area contributed by atoms with Gasteiger partial charge in [0.25, 0.3) is 0 Å². The average molecular weight is 940 g/mol. The molecule has 0 saturated heterocycles. The highest BCUT2D eigenvalue weighted by atomic mass is 32.2. The molecule has 22 nitrogen and oxygen atoms in total. The third kappa shape index (κ3) is 16.6. The lowest BCUT2D eigenvalue weighted by atomic mass is 10.0. The smallest absolute Gasteiger partial charge is 0.247 e. The topological polar surface area (TPSA) is 363 Å². The number of aromatic amines is 1. The maximum atomic E-state index is 13.7. The van der Waals surface area contributed by atoms with Gasteiger partial charge in [-0.3, -0.25) is 47.7 Å². The molecule has 1 aromatic carbocycles. The summed E-state index contributed by atoms with van der Waals surface area (Å²) in [6, 6.07) is -0.817. The molecular weight excluding hydrogens is 875 g/mol. The van der Waals surface area contributed by atoms with Gasteiger partial charge in [0.1, 0.15) is 30.2 Å². The molecule has 2 aromatic heterocycles. The number of H-pyrrole nitrogens is 1. The number of aromatic nitrogens is 3. The van der Waals surface area contributed by atoms with Crippen LogP contribution in [0.1, 0.15) is 76.4 Å². The monoisotopic (exact) mass is 939 g/mol. The van der Waals surface area contributed by atoms with Crippen LogP contribution in [0, 0.1) is 11.8 Å². The number of thioether (sulfide) groups is 1. The van der Waals surface area contributed by atoms with E-state index in [1.165, 1.54) is 42.0 Å². The van der Waals surface area contributed by atoms with Crippen LogP contribution < -0.4 is 54.8 Å². The summed E-state index contributed by atoms with van der Waals surface area (Å²) in [6.07, 6.45) is 6.62. The van der Waals surface area contributed by atoms with Crippen LogP contribution in [0.4, 0.5) is 0 Å². The number of carbonyl (C=O) groups excluding carboxylic acids is 9. The van der Waals surface area contributed by atoms with Crippen LogP contribution in [0.5, 0.6) is 0 Å². The van der Waals surface area contributed by atoms with Gasteiger partial charge in [-0.2, -0.15) is 11.8 Å². The van der Waals surface area contributed by atoms with E-state index in [9.17, 15) is 43.2 Å². The molecule has 8 amide bonds. The van der Waals surface area contributed by atoms with E-state index in [0.29, 0.717) is 34.3 Å². The standard InChI is InChI=1S/C43H65N13O9S/c1-22(2)15-31(40(62)53-30(37(47)59)13-14-66-6)54-41(63)32(17-26-18-48-21-50-26)52-35(58)19-49-42(64)36(23(3)4)55-38(60)24(5)51-39(61)29(45)16-25-20-56(33-10-8-7-9-27(25)33)43(65)28(44)11-12-34(46)57/h7-10,18,20-24,28-32,36H,11-17,19,44-45H2,1-6H3,(H2,46,57)(H2,47,59)(H,48,50)(H,49,64)(H,51,61)(H,52,58)(H,53,62)(H,54,63)(H,55,60)/t24-,28-,29-,30-,31-,32-,36-/m0/s1. The molecule has 0 fully saturated rings. The Morgan fingerprint density at radius 3 is 2.03 bits per heavy atom. The Morgan fingerprint density at radius 2 is 1.42 bits per heavy atom. The number of hydrogen-bond acceptors (Lipinski definition) is 13. The second kappa shape index (κ2) is 26.0. The predicted octanol–water partition coefficient (Wildman–Crippen LogP) is -1.79. The fourth-order valence-corrected chi connectivity index (χ4v) is 7.31. The number of fused-ring (bicyclic) bond motifs is 1. The molecule has 0 spiro atoms. The van der Waals surface area contributed by atoms with Crippen LogP contribution in [0.3, 0.4) is 0 Å². The SMILES string of the molecule is CSCC[C@H](NC(=O)[C@H](CC(C)C)NC(=O)[C@H](Cc1cnc[nH]1)NC(=O)CNC(=O)[C@@H](NC(=O)[C@H](C)NC(=O)[C@@H](N)Cc1cn(C(=O)[C@@H](N)CCC(N)=O)c2ccccc12)C(C)C)C(N)=O. The van der Waals surface area contributed by atoms with Crippen molar-refractivity contribution in [3.05, 3.63) is 54.2 Å². The van der Waals surface area contributed by atoms with Crippen molar-refractivity contribution in [3.8, 4) is 0 Å². The summed E-state index contributed by atoms with van der Waals surface area (Å²) in [5.41, 5.74) is 24.6. The summed E-state index contributed by atoms with van der Waals surface area (Å²) in [7, 11) is 0. The lowest BCUT2D eigenvalue weighted by molar-refractivity contribution is -0.134. The van der Waals surface area contributed by atoms with Crippen molar-refractivity contribution in [2.75, 3.05) is 18.6 Å². The third-order valence-corrected chi connectivity index (χ3v) is 11.1. The number of amides is 8. The number of benzene rings is 1. The van der Waals surface area contributed by atoms with Crippen LogP contribution >= 0.6 is 11.8 Å². The molecule has 3 aromatic rings. The van der Waals surface area contributed by atoms with E-state index in [0.717, 1.165) is 0 Å². The van der Waals surface area contributed by atoms with Crippen molar-refractivity contribution in [1.29, 1.82) is 0 Å². The highest BCUT2D eigenvalue weighted by Crippen LogP contribution is 2.23. The molecule has 2 heterocycles. The Kier molecular flexibility index (Phi) is 21.3. The molecule has 0 radical (unpaired) electrons. The maximum Gasteiger partial charge on any atom is 0.247 e. The van der Waals surface area contributed by atoms with Crippen LogP contribution in [-0.2, 0) is 51.2 Å². The molecule has 23 heteroatoms. The zero-order chi connectivity index (χ0) is 49.2. The minimum absolute atomic E-state index is 0.0231. The number of nitrogens with zero attached hydrogens (tertiary/aromatic N) is 2. The largest absolute Gasteiger partial charge is 0.370 e. The minimum Gasteiger partial charge on any atom is -0.370 e. The highest BCUT2D eigenvalue weighted by molar-refractivity contribution is 7.98. The number of hydrogen-bond donors (Lipinski definition) is 11. The molecule has 7 atom stereocenters. The normalized spacial score (nSPS) is 14.5. The zero-order valence-corrected chi connectivity index (χ0v) is 39.0. The van der Waals surface area contributed by atoms with Crippen molar-refractivity contribution in [3.63, 3.8) is 0 Å². The van der Waals surface area contributed by atoms with E-state index in [1.54, 1.807) is 38.1 Å². The Morgan fingerprint density at radius 1 is 0.758 bits per heavy atom. The number of rotatable bonds is 27. The van der Waals surface area contributed by atoms with Gasteiger partial charge >= 0.3 is 0 Å². The van der Waals surface area contributed by atoms with Gasteiger partial charge in [-0.15, -0.1) is 0 Å². The molecule has 0 saturated carbocycles. The van der Waals surface area contributed by atoms with Gasteiger partial charge < -0.3 is 59.8 Å². The summed E-state index contributed by atoms with van der Waals surface area (Å²) < 4.78 is 1.35. The first-order valence-electron chi connectivity index (χ1n) is 21.6. The highest BCUT2D eigenvalue weighted by Gasteiger charge is 2.32. The van der Waals surface area contributed by atoms with Crippen LogP contribution in [-0.4, -0.2) is 129 Å². The molecule has 0 unspecified atom stereocenters. The van der Waals surface area contributed by atoms with E-state index < -0.39 is 108 Å².